The number of fused-ring (bicyclic) bond motifs is 5. The summed E-state index contributed by atoms with van der Waals surface area (Å²) in [7, 11) is 0. The number of para-hydroxylation sites is 1. The van der Waals surface area contributed by atoms with Gasteiger partial charge in [-0.05, 0) is 51.8 Å². The summed E-state index contributed by atoms with van der Waals surface area (Å²) in [5, 5.41) is 6.08. The fourth-order valence-electron chi connectivity index (χ4n) is 6.03. The van der Waals surface area contributed by atoms with E-state index < -0.39 is 30.0 Å². The lowest BCUT2D eigenvalue weighted by Gasteiger charge is -2.35. The Bertz CT molecular complexity index is 1780. The molecule has 1 atom stereocenters. The maximum absolute atomic E-state index is 13.7. The number of nitrogens with zero attached hydrogens (tertiary/aromatic N) is 2. The van der Waals surface area contributed by atoms with Crippen LogP contribution in [0.4, 0.5) is 0 Å². The minimum atomic E-state index is -1.88. The summed E-state index contributed by atoms with van der Waals surface area (Å²) in [6.07, 6.45) is 0.468. The number of esters is 2. The van der Waals surface area contributed by atoms with Gasteiger partial charge in [0.2, 0.25) is 17.4 Å². The molecule has 0 bridgehead atoms. The van der Waals surface area contributed by atoms with Crippen LogP contribution in [-0.4, -0.2) is 71.8 Å². The summed E-state index contributed by atoms with van der Waals surface area (Å²) in [6, 6.07) is 11.3. The molecule has 0 saturated carbocycles. The van der Waals surface area contributed by atoms with Crippen molar-refractivity contribution < 1.29 is 38.1 Å². The maximum atomic E-state index is 13.7. The first-order chi connectivity index (χ1) is 23.0. The van der Waals surface area contributed by atoms with E-state index in [1.807, 2.05) is 51.1 Å². The normalized spacial score (nSPS) is 16.5. The molecule has 2 aliphatic rings. The second-order valence-electron chi connectivity index (χ2n) is 12.4. The predicted octanol–water partition coefficient (Wildman–Crippen LogP) is 2.86. The van der Waals surface area contributed by atoms with Gasteiger partial charge < -0.3 is 34.1 Å². The number of benzene rings is 1. The Kier molecular flexibility index (Phi) is 10.6. The van der Waals surface area contributed by atoms with Crippen LogP contribution in [0, 0.1) is 0 Å². The Labute approximate surface area is 278 Å². The van der Waals surface area contributed by atoms with E-state index in [1.165, 1.54) is 0 Å². The molecule has 256 valence electrons. The molecular weight excluding hydrogens is 620 g/mol. The largest absolute Gasteiger partial charge is 0.457 e. The van der Waals surface area contributed by atoms with Crippen molar-refractivity contribution in [2.45, 2.75) is 77.7 Å². The zero-order valence-corrected chi connectivity index (χ0v) is 27.8. The van der Waals surface area contributed by atoms with Crippen molar-refractivity contribution in [3.05, 3.63) is 63.4 Å². The van der Waals surface area contributed by atoms with Crippen LogP contribution in [0.1, 0.15) is 70.1 Å². The van der Waals surface area contributed by atoms with Crippen molar-refractivity contribution in [3.8, 4) is 11.4 Å². The van der Waals surface area contributed by atoms with Gasteiger partial charge in [-0.3, -0.25) is 19.2 Å². The summed E-state index contributed by atoms with van der Waals surface area (Å²) in [5.74, 6) is -2.57. The van der Waals surface area contributed by atoms with Gasteiger partial charge in [0.15, 0.2) is 0 Å². The van der Waals surface area contributed by atoms with Gasteiger partial charge in [0.05, 0.1) is 41.2 Å². The molecular formula is C35H42N4O9. The van der Waals surface area contributed by atoms with Crippen molar-refractivity contribution >= 4 is 34.7 Å². The zero-order valence-electron chi connectivity index (χ0n) is 27.8. The SMILES string of the molecule is CCOC(C)(C)CCOCCNC(=O)CCC(=O)NCC(=O)O[C@]1(CC)C(=O)OCc2c1cc1n(c2=O)Cc2cc3ccccc3nc2-1. The van der Waals surface area contributed by atoms with E-state index in [-0.39, 0.29) is 54.1 Å². The number of cyclic esters (lactones) is 1. The number of pyridine rings is 2. The summed E-state index contributed by atoms with van der Waals surface area (Å²) in [5.41, 5.74) is 0.721. The third kappa shape index (κ3) is 7.42. The fourth-order valence-corrected chi connectivity index (χ4v) is 6.03. The number of rotatable bonds is 15. The standard InChI is InChI=1S/C35H42N4O9/c1-5-35(48-30(42)19-37-29(41)12-11-28(40)36-14-16-45-15-13-34(3,4)47-6-2)25-18-27-31-23(17-22-9-7-8-10-26(22)38-31)20-39(27)32(43)24(25)21-46-33(35)44/h7-10,17-18H,5-6,11-16,19-21H2,1-4H3,(H,36,40)(H,37,41)/t35-/m0/s1. The highest BCUT2D eigenvalue weighted by Gasteiger charge is 2.50. The van der Waals surface area contributed by atoms with Crippen molar-refractivity contribution in [1.82, 2.24) is 20.2 Å². The average Bonchev–Trinajstić information content (AvgIpc) is 3.42. The van der Waals surface area contributed by atoms with Crippen molar-refractivity contribution in [3.63, 3.8) is 0 Å². The smallest absolute Gasteiger partial charge is 0.355 e. The van der Waals surface area contributed by atoms with Gasteiger partial charge in [-0.15, -0.1) is 0 Å². The first-order valence-corrected chi connectivity index (χ1v) is 16.3. The lowest BCUT2D eigenvalue weighted by atomic mass is 9.85. The lowest BCUT2D eigenvalue weighted by molar-refractivity contribution is -0.189. The van der Waals surface area contributed by atoms with E-state index in [2.05, 4.69) is 10.6 Å². The van der Waals surface area contributed by atoms with Crippen molar-refractivity contribution in [2.75, 3.05) is 32.9 Å². The number of hydrogen-bond donors (Lipinski definition) is 2. The molecule has 48 heavy (non-hydrogen) atoms. The molecule has 2 aliphatic heterocycles. The monoisotopic (exact) mass is 662 g/mol. The van der Waals surface area contributed by atoms with Crippen LogP contribution in [0.5, 0.6) is 0 Å². The van der Waals surface area contributed by atoms with Gasteiger partial charge in [0.25, 0.3) is 5.56 Å². The molecule has 2 aromatic heterocycles. The predicted molar refractivity (Wildman–Crippen MR) is 175 cm³/mol. The summed E-state index contributed by atoms with van der Waals surface area (Å²) in [6.45, 7) is 8.81. The second-order valence-corrected chi connectivity index (χ2v) is 12.4. The van der Waals surface area contributed by atoms with Gasteiger partial charge in [-0.2, -0.15) is 0 Å². The summed E-state index contributed by atoms with van der Waals surface area (Å²) >= 11 is 0. The lowest BCUT2D eigenvalue weighted by Crippen LogP contribution is -2.48. The van der Waals surface area contributed by atoms with E-state index in [0.29, 0.717) is 44.3 Å². The number of carbonyl (C=O) groups excluding carboxylic acids is 4. The molecule has 0 radical (unpaired) electrons. The minimum Gasteiger partial charge on any atom is -0.457 e. The van der Waals surface area contributed by atoms with E-state index in [4.69, 9.17) is 23.9 Å². The quantitative estimate of drug-likeness (QED) is 0.143. The topological polar surface area (TPSA) is 164 Å². The fraction of sp³-hybridized carbons (Fsp3) is 0.486. The first-order valence-electron chi connectivity index (χ1n) is 16.3. The third-order valence-electron chi connectivity index (χ3n) is 8.63. The molecule has 0 saturated heterocycles. The first kappa shape index (κ1) is 34.7. The molecule has 1 aromatic carbocycles. The minimum absolute atomic E-state index is 0.00637. The van der Waals surface area contributed by atoms with Gasteiger partial charge >= 0.3 is 11.9 Å². The highest BCUT2D eigenvalue weighted by atomic mass is 16.6. The Hall–Kier alpha value is -4.62. The van der Waals surface area contributed by atoms with Crippen molar-refractivity contribution in [1.29, 1.82) is 0 Å². The van der Waals surface area contributed by atoms with Gasteiger partial charge in [0.1, 0.15) is 13.2 Å². The average molecular weight is 663 g/mol. The zero-order chi connectivity index (χ0) is 34.5. The van der Waals surface area contributed by atoms with Gasteiger partial charge in [-0.25, -0.2) is 9.78 Å². The molecule has 3 aromatic rings. The Morgan fingerprint density at radius 1 is 1.04 bits per heavy atom. The molecule has 0 aliphatic carbocycles. The van der Waals surface area contributed by atoms with Crippen LogP contribution in [0.15, 0.2) is 41.2 Å². The van der Waals surface area contributed by atoms with Crippen LogP contribution >= 0.6 is 0 Å². The Morgan fingerprint density at radius 3 is 2.54 bits per heavy atom. The van der Waals surface area contributed by atoms with E-state index >= 15 is 0 Å². The van der Waals surface area contributed by atoms with Crippen LogP contribution < -0.4 is 16.2 Å². The Morgan fingerprint density at radius 2 is 1.79 bits per heavy atom. The van der Waals surface area contributed by atoms with Crippen molar-refractivity contribution in [2.24, 2.45) is 0 Å². The molecule has 2 N–H and O–H groups in total. The number of carbonyl (C=O) groups is 4. The van der Waals surface area contributed by atoms with E-state index in [1.54, 1.807) is 17.6 Å². The summed E-state index contributed by atoms with van der Waals surface area (Å²) < 4.78 is 23.9. The molecule has 5 rings (SSSR count). The number of hydrogen-bond acceptors (Lipinski definition) is 10. The molecule has 0 unspecified atom stereocenters. The molecule has 0 fully saturated rings. The highest BCUT2D eigenvalue weighted by Crippen LogP contribution is 2.40. The number of aromatic nitrogens is 2. The molecule has 13 nitrogen and oxygen atoms in total. The molecule has 0 spiro atoms. The van der Waals surface area contributed by atoms with Gasteiger partial charge in [0, 0.05) is 49.1 Å². The van der Waals surface area contributed by atoms with E-state index in [0.717, 1.165) is 22.9 Å². The van der Waals surface area contributed by atoms with E-state index in [9.17, 15) is 24.0 Å². The molecule has 13 heteroatoms. The van der Waals surface area contributed by atoms with Gasteiger partial charge in [-0.1, -0.05) is 25.1 Å². The number of nitrogens with one attached hydrogen (secondary N) is 2. The molecule has 4 heterocycles. The third-order valence-corrected chi connectivity index (χ3v) is 8.63. The number of amides is 2. The maximum Gasteiger partial charge on any atom is 0.355 e. The summed E-state index contributed by atoms with van der Waals surface area (Å²) in [4.78, 5) is 69.3. The van der Waals surface area contributed by atoms with Crippen LogP contribution in [0.2, 0.25) is 0 Å². The highest BCUT2D eigenvalue weighted by molar-refractivity contribution is 5.90. The second kappa shape index (κ2) is 14.7. The van der Waals surface area contributed by atoms with Crippen LogP contribution in [-0.2, 0) is 56.9 Å². The Balaban J connectivity index is 1.17. The van der Waals surface area contributed by atoms with Crippen LogP contribution in [0.25, 0.3) is 22.3 Å². The van der Waals surface area contributed by atoms with Crippen LogP contribution in [0.3, 0.4) is 0 Å². The number of ether oxygens (including phenoxy) is 4. The molecule has 2 amide bonds.